The van der Waals surface area contributed by atoms with Crippen molar-refractivity contribution in [1.82, 2.24) is 5.32 Å². The van der Waals surface area contributed by atoms with E-state index in [1.165, 1.54) is 0 Å². The normalized spacial score (nSPS) is 21.8. The van der Waals surface area contributed by atoms with Crippen molar-refractivity contribution in [1.29, 1.82) is 5.26 Å². The second-order valence-electron chi connectivity index (χ2n) is 4.94. The maximum absolute atomic E-state index is 11.9. The second kappa shape index (κ2) is 6.92. The molecule has 2 rings (SSSR count). The molecule has 1 aromatic rings. The summed E-state index contributed by atoms with van der Waals surface area (Å²) in [5.74, 6) is 0. The zero-order valence-corrected chi connectivity index (χ0v) is 11.6. The van der Waals surface area contributed by atoms with E-state index in [0.29, 0.717) is 11.3 Å². The molecule has 20 heavy (non-hydrogen) atoms. The number of benzene rings is 1. The van der Waals surface area contributed by atoms with E-state index in [1.807, 2.05) is 13.1 Å². The lowest BCUT2D eigenvalue weighted by Crippen LogP contribution is -2.43. The average molecular weight is 273 g/mol. The van der Waals surface area contributed by atoms with Crippen LogP contribution < -0.4 is 10.6 Å². The number of carbonyl (C=O) groups is 1. The Hall–Kier alpha value is -2.06. The van der Waals surface area contributed by atoms with Gasteiger partial charge in [-0.25, -0.2) is 4.79 Å². The number of nitrogens with one attached hydrogen (secondary N) is 2. The minimum absolute atomic E-state index is 0.0899. The van der Waals surface area contributed by atoms with Gasteiger partial charge in [0.25, 0.3) is 0 Å². The number of anilines is 1. The van der Waals surface area contributed by atoms with Crippen molar-refractivity contribution in [2.24, 2.45) is 0 Å². The fourth-order valence-corrected chi connectivity index (χ4v) is 2.52. The van der Waals surface area contributed by atoms with Crippen LogP contribution in [0.25, 0.3) is 0 Å². The van der Waals surface area contributed by atoms with Gasteiger partial charge in [0, 0.05) is 11.7 Å². The molecule has 0 saturated heterocycles. The van der Waals surface area contributed by atoms with E-state index >= 15 is 0 Å². The van der Waals surface area contributed by atoms with Gasteiger partial charge in [-0.2, -0.15) is 5.26 Å². The zero-order chi connectivity index (χ0) is 14.4. The molecule has 5 heteroatoms. The highest BCUT2D eigenvalue weighted by Gasteiger charge is 2.27. The third-order valence-electron chi connectivity index (χ3n) is 3.57. The molecule has 2 unspecified atom stereocenters. The van der Waals surface area contributed by atoms with Crippen molar-refractivity contribution < 1.29 is 9.53 Å². The van der Waals surface area contributed by atoms with Gasteiger partial charge in [-0.15, -0.1) is 0 Å². The van der Waals surface area contributed by atoms with Gasteiger partial charge >= 0.3 is 6.09 Å². The number of hydrogen-bond donors (Lipinski definition) is 2. The molecule has 0 aromatic heterocycles. The molecule has 106 valence electrons. The standard InChI is InChI=1S/C15H19N3O2/c1-17-13-7-2-3-8-14(13)20-15(19)18-12-6-4-5-11(9-12)10-16/h4-6,9,13-14,17H,2-3,7-8H2,1H3,(H,18,19). The minimum Gasteiger partial charge on any atom is -0.444 e. The topological polar surface area (TPSA) is 74.2 Å². The van der Waals surface area contributed by atoms with Gasteiger partial charge in [0.1, 0.15) is 6.10 Å². The van der Waals surface area contributed by atoms with Crippen LogP contribution in [0.1, 0.15) is 31.2 Å². The monoisotopic (exact) mass is 273 g/mol. The Kier molecular flexibility index (Phi) is 4.97. The first-order valence-electron chi connectivity index (χ1n) is 6.88. The average Bonchev–Trinajstić information content (AvgIpc) is 2.48. The largest absolute Gasteiger partial charge is 0.444 e. The van der Waals surface area contributed by atoms with Crippen LogP contribution in [0.4, 0.5) is 10.5 Å². The quantitative estimate of drug-likeness (QED) is 0.887. The number of carbonyl (C=O) groups excluding carboxylic acids is 1. The first kappa shape index (κ1) is 14.4. The van der Waals surface area contributed by atoms with Crippen LogP contribution in [0.5, 0.6) is 0 Å². The van der Waals surface area contributed by atoms with Crippen molar-refractivity contribution in [3.63, 3.8) is 0 Å². The first-order chi connectivity index (χ1) is 9.72. The van der Waals surface area contributed by atoms with Crippen molar-refractivity contribution in [2.75, 3.05) is 12.4 Å². The summed E-state index contributed by atoms with van der Waals surface area (Å²) in [4.78, 5) is 11.9. The van der Waals surface area contributed by atoms with E-state index in [4.69, 9.17) is 10.00 Å². The van der Waals surface area contributed by atoms with E-state index in [9.17, 15) is 4.79 Å². The summed E-state index contributed by atoms with van der Waals surface area (Å²) >= 11 is 0. The molecular weight excluding hydrogens is 254 g/mol. The van der Waals surface area contributed by atoms with Crippen molar-refractivity contribution >= 4 is 11.8 Å². The first-order valence-corrected chi connectivity index (χ1v) is 6.88. The fourth-order valence-electron chi connectivity index (χ4n) is 2.52. The Morgan fingerprint density at radius 1 is 1.40 bits per heavy atom. The highest BCUT2D eigenvalue weighted by Crippen LogP contribution is 2.21. The Morgan fingerprint density at radius 2 is 2.20 bits per heavy atom. The van der Waals surface area contributed by atoms with Gasteiger partial charge in [0.05, 0.1) is 11.6 Å². The van der Waals surface area contributed by atoms with Crippen LogP contribution in [-0.2, 0) is 4.74 Å². The number of nitriles is 1. The van der Waals surface area contributed by atoms with Gasteiger partial charge in [0.15, 0.2) is 0 Å². The molecule has 0 spiro atoms. The molecule has 5 nitrogen and oxygen atoms in total. The highest BCUT2D eigenvalue weighted by molar-refractivity contribution is 5.85. The summed E-state index contributed by atoms with van der Waals surface area (Å²) in [6.07, 6.45) is 3.60. The molecule has 0 bridgehead atoms. The summed E-state index contributed by atoms with van der Waals surface area (Å²) in [5.41, 5.74) is 1.08. The minimum atomic E-state index is -0.466. The number of likely N-dealkylation sites (N-methyl/N-ethyl adjacent to an activating group) is 1. The molecule has 1 amide bonds. The maximum atomic E-state index is 11.9. The summed E-state index contributed by atoms with van der Waals surface area (Å²) in [7, 11) is 1.89. The molecular formula is C15H19N3O2. The summed E-state index contributed by atoms with van der Waals surface area (Å²) < 4.78 is 5.48. The maximum Gasteiger partial charge on any atom is 0.411 e. The Bertz CT molecular complexity index is 510. The molecule has 1 saturated carbocycles. The Balaban J connectivity index is 1.93. The molecule has 1 aromatic carbocycles. The molecule has 2 N–H and O–H groups in total. The third-order valence-corrected chi connectivity index (χ3v) is 3.57. The van der Waals surface area contributed by atoms with Crippen LogP contribution in [-0.4, -0.2) is 25.3 Å². The number of nitrogens with zero attached hydrogens (tertiary/aromatic N) is 1. The van der Waals surface area contributed by atoms with Crippen LogP contribution in [0.15, 0.2) is 24.3 Å². The van der Waals surface area contributed by atoms with E-state index in [2.05, 4.69) is 10.6 Å². The summed E-state index contributed by atoms with van der Waals surface area (Å²) in [6.45, 7) is 0. The van der Waals surface area contributed by atoms with Crippen LogP contribution in [0, 0.1) is 11.3 Å². The second-order valence-corrected chi connectivity index (χ2v) is 4.94. The third kappa shape index (κ3) is 3.72. The van der Waals surface area contributed by atoms with Crippen molar-refractivity contribution in [3.05, 3.63) is 29.8 Å². The smallest absolute Gasteiger partial charge is 0.411 e. The van der Waals surface area contributed by atoms with Crippen molar-refractivity contribution in [3.8, 4) is 6.07 Å². The van der Waals surface area contributed by atoms with Gasteiger partial charge in [0.2, 0.25) is 0 Å². The predicted molar refractivity (Wildman–Crippen MR) is 76.4 cm³/mol. The Morgan fingerprint density at radius 3 is 2.95 bits per heavy atom. The number of amides is 1. The SMILES string of the molecule is CNC1CCCCC1OC(=O)Nc1cccc(C#N)c1. The van der Waals surface area contributed by atoms with Gasteiger partial charge in [-0.1, -0.05) is 12.5 Å². The summed E-state index contributed by atoms with van der Waals surface area (Å²) in [5, 5.41) is 14.7. The van der Waals surface area contributed by atoms with Gasteiger partial charge < -0.3 is 10.1 Å². The van der Waals surface area contributed by atoms with E-state index < -0.39 is 6.09 Å². The lowest BCUT2D eigenvalue weighted by atomic mass is 9.92. The number of ether oxygens (including phenoxy) is 1. The Labute approximate surface area is 118 Å². The summed E-state index contributed by atoms with van der Waals surface area (Å²) in [6, 6.07) is 9.03. The van der Waals surface area contributed by atoms with Crippen LogP contribution in [0.2, 0.25) is 0 Å². The molecule has 2 atom stereocenters. The van der Waals surface area contributed by atoms with E-state index in [-0.39, 0.29) is 12.1 Å². The van der Waals surface area contributed by atoms with E-state index in [0.717, 1.165) is 25.7 Å². The fraction of sp³-hybridized carbons (Fsp3) is 0.467. The highest BCUT2D eigenvalue weighted by atomic mass is 16.6. The molecule has 0 radical (unpaired) electrons. The number of rotatable bonds is 3. The number of hydrogen-bond acceptors (Lipinski definition) is 4. The zero-order valence-electron chi connectivity index (χ0n) is 11.6. The molecule has 0 aliphatic heterocycles. The van der Waals surface area contributed by atoms with Crippen LogP contribution >= 0.6 is 0 Å². The predicted octanol–water partition coefficient (Wildman–Crippen LogP) is 2.64. The molecule has 1 aliphatic rings. The lowest BCUT2D eigenvalue weighted by molar-refractivity contribution is 0.0640. The van der Waals surface area contributed by atoms with E-state index in [1.54, 1.807) is 24.3 Å². The van der Waals surface area contributed by atoms with Crippen LogP contribution in [0.3, 0.4) is 0 Å². The molecule has 0 heterocycles. The van der Waals surface area contributed by atoms with Crippen molar-refractivity contribution in [2.45, 2.75) is 37.8 Å². The molecule has 1 aliphatic carbocycles. The van der Waals surface area contributed by atoms with Gasteiger partial charge in [-0.3, -0.25) is 5.32 Å². The lowest BCUT2D eigenvalue weighted by Gasteiger charge is -2.30. The molecule has 1 fully saturated rings. The van der Waals surface area contributed by atoms with Gasteiger partial charge in [-0.05, 0) is 44.5 Å².